The molecule has 0 radical (unpaired) electrons. The van der Waals surface area contributed by atoms with Crippen LogP contribution in [0.5, 0.6) is 0 Å². The summed E-state index contributed by atoms with van der Waals surface area (Å²) in [4.78, 5) is 33.2. The second kappa shape index (κ2) is 7.68. The molecule has 0 saturated heterocycles. The van der Waals surface area contributed by atoms with Gasteiger partial charge in [0.15, 0.2) is 0 Å². The molecule has 0 fully saturated rings. The predicted molar refractivity (Wildman–Crippen MR) is 59.9 cm³/mol. The molecule has 0 spiro atoms. The molecule has 0 aromatic rings. The Morgan fingerprint density at radius 2 is 1.80 bits per heavy atom. The second-order valence-electron chi connectivity index (χ2n) is 4.08. The van der Waals surface area contributed by atoms with Gasteiger partial charge in [0.1, 0.15) is 19.8 Å². The molecule has 7 nitrogen and oxygen atoms in total. The van der Waals surface area contributed by atoms with Crippen molar-refractivity contribution >= 4 is 17.9 Å². The number of rotatable bonds is 6. The Kier molecular flexibility index (Phi) is 6.97. The van der Waals surface area contributed by atoms with E-state index in [1.807, 2.05) is 0 Å². The Bertz CT molecular complexity index is 370. The molecule has 116 valence electrons. The van der Waals surface area contributed by atoms with Gasteiger partial charge in [-0.25, -0.2) is 9.59 Å². The normalized spacial score (nSPS) is 11.3. The number of hydrogen-bond acceptors (Lipinski definition) is 4. The minimum atomic E-state index is -4.59. The number of imide groups is 1. The van der Waals surface area contributed by atoms with E-state index < -0.39 is 49.9 Å². The molecule has 10 heteroatoms. The molecule has 2 N–H and O–H groups in total. The number of alkyl halides is 3. The molecule has 0 aliphatic carbocycles. The van der Waals surface area contributed by atoms with Crippen molar-refractivity contribution in [1.82, 2.24) is 10.2 Å². The molecular formula is C10H15F3N2O5. The Balaban J connectivity index is 4.39. The van der Waals surface area contributed by atoms with Crippen molar-refractivity contribution in [2.75, 3.05) is 19.8 Å². The molecule has 20 heavy (non-hydrogen) atoms. The van der Waals surface area contributed by atoms with E-state index in [2.05, 4.69) is 4.74 Å². The average molecular weight is 300 g/mol. The summed E-state index contributed by atoms with van der Waals surface area (Å²) in [7, 11) is 0. The zero-order chi connectivity index (χ0) is 15.9. The summed E-state index contributed by atoms with van der Waals surface area (Å²) in [5.74, 6) is -2.34. The van der Waals surface area contributed by atoms with E-state index >= 15 is 0 Å². The van der Waals surface area contributed by atoms with Gasteiger partial charge in [-0.2, -0.15) is 13.2 Å². The van der Waals surface area contributed by atoms with Crippen LogP contribution in [0, 0.1) is 0 Å². The topological polar surface area (TPSA) is 95.9 Å². The van der Waals surface area contributed by atoms with Crippen molar-refractivity contribution in [3.8, 4) is 0 Å². The summed E-state index contributed by atoms with van der Waals surface area (Å²) in [5.41, 5.74) is 0. The number of carboxylic acid groups (broad SMARTS) is 1. The minimum absolute atomic E-state index is 0.426. The zero-order valence-corrected chi connectivity index (χ0v) is 10.9. The highest BCUT2D eigenvalue weighted by Gasteiger charge is 2.34. The van der Waals surface area contributed by atoms with Crippen LogP contribution < -0.4 is 5.32 Å². The van der Waals surface area contributed by atoms with Crippen molar-refractivity contribution in [2.45, 2.75) is 26.1 Å². The number of halogens is 3. The van der Waals surface area contributed by atoms with E-state index in [1.54, 1.807) is 5.32 Å². The lowest BCUT2D eigenvalue weighted by Crippen LogP contribution is -2.50. The standard InChI is InChI=1S/C10H15F3N2O5/c1-6(2)15(5-10(11,12)13)9(19)14-7(16)3-20-4-8(17)18/h6H,3-5H2,1-2H3,(H,17,18)(H,14,16,19). The van der Waals surface area contributed by atoms with Crippen LogP contribution in [0.3, 0.4) is 0 Å². The number of carbonyl (C=O) groups is 3. The predicted octanol–water partition coefficient (Wildman–Crippen LogP) is 0.597. The first kappa shape index (κ1) is 18.2. The molecule has 0 heterocycles. The summed E-state index contributed by atoms with van der Waals surface area (Å²) in [6, 6.07) is -1.99. The molecule has 0 atom stereocenters. The highest BCUT2D eigenvalue weighted by Crippen LogP contribution is 2.17. The first-order chi connectivity index (χ1) is 9.03. The summed E-state index contributed by atoms with van der Waals surface area (Å²) in [6.45, 7) is -0.277. The zero-order valence-electron chi connectivity index (χ0n) is 10.9. The number of nitrogens with zero attached hydrogens (tertiary/aromatic N) is 1. The number of urea groups is 1. The number of hydrogen-bond donors (Lipinski definition) is 2. The lowest BCUT2D eigenvalue weighted by Gasteiger charge is -2.27. The molecule has 0 aromatic heterocycles. The van der Waals surface area contributed by atoms with Gasteiger partial charge in [-0.1, -0.05) is 0 Å². The third kappa shape index (κ3) is 8.29. The maximum Gasteiger partial charge on any atom is 0.406 e. The number of aliphatic carboxylic acids is 1. The monoisotopic (exact) mass is 300 g/mol. The number of nitrogens with one attached hydrogen (secondary N) is 1. The first-order valence-corrected chi connectivity index (χ1v) is 5.49. The fourth-order valence-electron chi connectivity index (χ4n) is 1.14. The Hall–Kier alpha value is -1.84. The van der Waals surface area contributed by atoms with Crippen molar-refractivity contribution < 1.29 is 37.4 Å². The maximum absolute atomic E-state index is 12.3. The molecule has 0 rings (SSSR count). The van der Waals surface area contributed by atoms with Gasteiger partial charge >= 0.3 is 18.2 Å². The van der Waals surface area contributed by atoms with Crippen LogP contribution in [0.15, 0.2) is 0 Å². The largest absolute Gasteiger partial charge is 0.480 e. The van der Waals surface area contributed by atoms with Gasteiger partial charge in [0.05, 0.1) is 0 Å². The Morgan fingerprint density at radius 3 is 2.20 bits per heavy atom. The van der Waals surface area contributed by atoms with Gasteiger partial charge in [0, 0.05) is 6.04 Å². The molecule has 0 unspecified atom stereocenters. The van der Waals surface area contributed by atoms with Crippen molar-refractivity contribution in [2.24, 2.45) is 0 Å². The van der Waals surface area contributed by atoms with E-state index in [9.17, 15) is 27.6 Å². The third-order valence-electron chi connectivity index (χ3n) is 1.94. The SMILES string of the molecule is CC(C)N(CC(F)(F)F)C(=O)NC(=O)COCC(=O)O. The summed E-state index contributed by atoms with van der Waals surface area (Å²) >= 11 is 0. The summed E-state index contributed by atoms with van der Waals surface area (Å²) in [6.07, 6.45) is -4.59. The van der Waals surface area contributed by atoms with Crippen molar-refractivity contribution in [3.63, 3.8) is 0 Å². The number of amides is 3. The van der Waals surface area contributed by atoms with Gasteiger partial charge < -0.3 is 14.7 Å². The average Bonchev–Trinajstić information content (AvgIpc) is 2.23. The molecule has 0 aromatic carbocycles. The van der Waals surface area contributed by atoms with E-state index in [-0.39, 0.29) is 0 Å². The lowest BCUT2D eigenvalue weighted by molar-refractivity contribution is -0.145. The number of carbonyl (C=O) groups excluding carboxylic acids is 2. The number of ether oxygens (including phenoxy) is 1. The maximum atomic E-state index is 12.3. The molecule has 0 aliphatic heterocycles. The second-order valence-corrected chi connectivity index (χ2v) is 4.08. The Labute approximate surface area is 112 Å². The molecule has 0 bridgehead atoms. The van der Waals surface area contributed by atoms with E-state index in [0.717, 1.165) is 0 Å². The minimum Gasteiger partial charge on any atom is -0.480 e. The van der Waals surface area contributed by atoms with Gasteiger partial charge in [-0.3, -0.25) is 10.1 Å². The van der Waals surface area contributed by atoms with Gasteiger partial charge in [-0.15, -0.1) is 0 Å². The molecule has 3 amide bonds. The number of carboxylic acids is 1. The third-order valence-corrected chi connectivity index (χ3v) is 1.94. The van der Waals surface area contributed by atoms with Crippen LogP contribution in [0.1, 0.15) is 13.8 Å². The van der Waals surface area contributed by atoms with Gasteiger partial charge in [0.2, 0.25) is 0 Å². The van der Waals surface area contributed by atoms with Crippen LogP contribution in [-0.2, 0) is 14.3 Å². The lowest BCUT2D eigenvalue weighted by atomic mass is 10.3. The molecule has 0 aliphatic rings. The van der Waals surface area contributed by atoms with Gasteiger partial charge in [-0.05, 0) is 13.8 Å². The fraction of sp³-hybridized carbons (Fsp3) is 0.700. The van der Waals surface area contributed by atoms with Crippen molar-refractivity contribution in [1.29, 1.82) is 0 Å². The van der Waals surface area contributed by atoms with Crippen LogP contribution in [-0.4, -0.2) is 59.9 Å². The highest BCUT2D eigenvalue weighted by molar-refractivity contribution is 5.95. The van der Waals surface area contributed by atoms with Crippen LogP contribution >= 0.6 is 0 Å². The van der Waals surface area contributed by atoms with E-state index in [4.69, 9.17) is 5.11 Å². The highest BCUT2D eigenvalue weighted by atomic mass is 19.4. The fourth-order valence-corrected chi connectivity index (χ4v) is 1.14. The first-order valence-electron chi connectivity index (χ1n) is 5.49. The van der Waals surface area contributed by atoms with Crippen molar-refractivity contribution in [3.05, 3.63) is 0 Å². The van der Waals surface area contributed by atoms with E-state index in [0.29, 0.717) is 4.90 Å². The Morgan fingerprint density at radius 1 is 1.25 bits per heavy atom. The summed E-state index contributed by atoms with van der Waals surface area (Å²) in [5, 5.41) is 9.93. The summed E-state index contributed by atoms with van der Waals surface area (Å²) < 4.78 is 41.2. The van der Waals surface area contributed by atoms with Gasteiger partial charge in [0.25, 0.3) is 5.91 Å². The molecular weight excluding hydrogens is 285 g/mol. The van der Waals surface area contributed by atoms with Crippen LogP contribution in [0.4, 0.5) is 18.0 Å². The van der Waals surface area contributed by atoms with E-state index in [1.165, 1.54) is 13.8 Å². The van der Waals surface area contributed by atoms with Crippen LogP contribution in [0.2, 0.25) is 0 Å². The van der Waals surface area contributed by atoms with Crippen LogP contribution in [0.25, 0.3) is 0 Å². The smallest absolute Gasteiger partial charge is 0.406 e. The quantitative estimate of drug-likeness (QED) is 0.748. The molecule has 0 saturated carbocycles.